The van der Waals surface area contributed by atoms with E-state index in [0.717, 1.165) is 6.42 Å². The van der Waals surface area contributed by atoms with Crippen LogP contribution in [0.25, 0.3) is 0 Å². The smallest absolute Gasteiger partial charge is 0.326 e. The first-order chi connectivity index (χ1) is 12.7. The predicted molar refractivity (Wildman–Crippen MR) is 100 cm³/mol. The molecule has 1 aromatic rings. The van der Waals surface area contributed by atoms with Gasteiger partial charge in [-0.2, -0.15) is 0 Å². The maximum absolute atomic E-state index is 12.2. The van der Waals surface area contributed by atoms with Gasteiger partial charge in [0.05, 0.1) is 6.54 Å². The fourth-order valence-corrected chi connectivity index (χ4v) is 2.34. The molecule has 148 valence electrons. The molecule has 0 unspecified atom stereocenters. The molecule has 0 aliphatic carbocycles. The summed E-state index contributed by atoms with van der Waals surface area (Å²) in [6.07, 6.45) is 1.10. The number of carboxylic acids is 1. The van der Waals surface area contributed by atoms with Crippen LogP contribution in [0.3, 0.4) is 0 Å². The van der Waals surface area contributed by atoms with Crippen LogP contribution < -0.4 is 16.0 Å². The van der Waals surface area contributed by atoms with Gasteiger partial charge in [-0.25, -0.2) is 4.79 Å². The van der Waals surface area contributed by atoms with Crippen LogP contribution in [0.15, 0.2) is 24.3 Å². The zero-order valence-electron chi connectivity index (χ0n) is 15.9. The SMILES string of the molecule is CCCNC(=O)c1cccc(C(=O)NCC(=O)N[C@@H](CC(C)C)C(=O)O)c1. The second-order valence-corrected chi connectivity index (χ2v) is 6.61. The molecule has 8 nitrogen and oxygen atoms in total. The average molecular weight is 377 g/mol. The maximum Gasteiger partial charge on any atom is 0.326 e. The number of carbonyl (C=O) groups is 4. The molecule has 0 bridgehead atoms. The number of amides is 3. The molecule has 8 heteroatoms. The number of carboxylic acid groups (broad SMARTS) is 1. The number of aliphatic carboxylic acids is 1. The van der Waals surface area contributed by atoms with Crippen molar-refractivity contribution in [3.05, 3.63) is 35.4 Å². The van der Waals surface area contributed by atoms with Gasteiger partial charge in [-0.1, -0.05) is 26.8 Å². The lowest BCUT2D eigenvalue weighted by molar-refractivity contribution is -0.142. The molecular weight excluding hydrogens is 350 g/mol. The van der Waals surface area contributed by atoms with E-state index in [4.69, 9.17) is 5.11 Å². The minimum absolute atomic E-state index is 0.0996. The number of benzene rings is 1. The summed E-state index contributed by atoms with van der Waals surface area (Å²) in [6.45, 7) is 5.83. The fourth-order valence-electron chi connectivity index (χ4n) is 2.34. The van der Waals surface area contributed by atoms with Gasteiger partial charge in [0.1, 0.15) is 6.04 Å². The van der Waals surface area contributed by atoms with Gasteiger partial charge in [0.25, 0.3) is 11.8 Å². The molecule has 0 aliphatic rings. The monoisotopic (exact) mass is 377 g/mol. The Labute approximate surface area is 158 Å². The number of carbonyl (C=O) groups excluding carboxylic acids is 3. The number of hydrogen-bond donors (Lipinski definition) is 4. The summed E-state index contributed by atoms with van der Waals surface area (Å²) < 4.78 is 0. The van der Waals surface area contributed by atoms with Crippen molar-refractivity contribution in [2.24, 2.45) is 5.92 Å². The van der Waals surface area contributed by atoms with Gasteiger partial charge in [-0.05, 0) is 37.0 Å². The largest absolute Gasteiger partial charge is 0.480 e. The summed E-state index contributed by atoms with van der Waals surface area (Å²) in [5.74, 6) is -2.40. The molecular formula is C19H27N3O5. The van der Waals surface area contributed by atoms with Gasteiger partial charge in [0, 0.05) is 17.7 Å². The molecule has 0 spiro atoms. The number of nitrogens with one attached hydrogen (secondary N) is 3. The lowest BCUT2D eigenvalue weighted by atomic mass is 10.0. The minimum atomic E-state index is -1.12. The van der Waals surface area contributed by atoms with Crippen molar-refractivity contribution in [3.8, 4) is 0 Å². The van der Waals surface area contributed by atoms with E-state index in [1.54, 1.807) is 12.1 Å². The van der Waals surface area contributed by atoms with E-state index in [1.165, 1.54) is 12.1 Å². The molecule has 0 saturated heterocycles. The second-order valence-electron chi connectivity index (χ2n) is 6.61. The molecule has 3 amide bonds. The molecule has 1 aromatic carbocycles. The van der Waals surface area contributed by atoms with Crippen molar-refractivity contribution >= 4 is 23.7 Å². The first-order valence-corrected chi connectivity index (χ1v) is 8.93. The van der Waals surface area contributed by atoms with Gasteiger partial charge in [-0.15, -0.1) is 0 Å². The minimum Gasteiger partial charge on any atom is -0.480 e. The van der Waals surface area contributed by atoms with E-state index < -0.39 is 23.8 Å². The molecule has 27 heavy (non-hydrogen) atoms. The lowest BCUT2D eigenvalue weighted by Crippen LogP contribution is -2.46. The maximum atomic E-state index is 12.2. The molecule has 0 fully saturated rings. The van der Waals surface area contributed by atoms with Crippen molar-refractivity contribution in [2.75, 3.05) is 13.1 Å². The van der Waals surface area contributed by atoms with Crippen molar-refractivity contribution in [1.29, 1.82) is 0 Å². The summed E-state index contributed by atoms with van der Waals surface area (Å²) in [6, 6.07) is 5.15. The molecule has 0 aliphatic heterocycles. The Morgan fingerprint density at radius 3 is 2.15 bits per heavy atom. The zero-order chi connectivity index (χ0) is 20.4. The summed E-state index contributed by atoms with van der Waals surface area (Å²) in [7, 11) is 0. The Hall–Kier alpha value is -2.90. The molecule has 0 heterocycles. The fraction of sp³-hybridized carbons (Fsp3) is 0.474. The first-order valence-electron chi connectivity index (χ1n) is 8.93. The molecule has 0 radical (unpaired) electrons. The standard InChI is InChI=1S/C19H27N3O5/c1-4-8-20-17(24)13-6-5-7-14(10-13)18(25)21-11-16(23)22-15(19(26)27)9-12(2)3/h5-7,10,12,15H,4,8-9,11H2,1-3H3,(H,20,24)(H,21,25)(H,22,23)(H,26,27)/t15-/m0/s1. The summed E-state index contributed by atoms with van der Waals surface area (Å²) in [5.41, 5.74) is 0.590. The first kappa shape index (κ1) is 22.1. The Kier molecular flexibility index (Phi) is 8.98. The van der Waals surface area contributed by atoms with Crippen molar-refractivity contribution in [3.63, 3.8) is 0 Å². The Bertz CT molecular complexity index is 688. The number of hydrogen-bond acceptors (Lipinski definition) is 4. The Morgan fingerprint density at radius 2 is 1.63 bits per heavy atom. The van der Waals surface area contributed by atoms with Crippen LogP contribution in [0.1, 0.15) is 54.3 Å². The van der Waals surface area contributed by atoms with E-state index in [2.05, 4.69) is 16.0 Å². The van der Waals surface area contributed by atoms with E-state index in [0.29, 0.717) is 18.5 Å². The molecule has 0 aromatic heterocycles. The quantitative estimate of drug-likeness (QED) is 0.487. The molecule has 0 saturated carbocycles. The van der Waals surface area contributed by atoms with Crippen molar-refractivity contribution in [1.82, 2.24) is 16.0 Å². The van der Waals surface area contributed by atoms with Gasteiger partial charge in [-0.3, -0.25) is 14.4 Å². The highest BCUT2D eigenvalue weighted by molar-refractivity contribution is 6.00. The zero-order valence-corrected chi connectivity index (χ0v) is 15.9. The number of rotatable bonds is 10. The van der Waals surface area contributed by atoms with Crippen LogP contribution in [0.2, 0.25) is 0 Å². The van der Waals surface area contributed by atoms with Gasteiger partial charge < -0.3 is 21.1 Å². The third-order valence-electron chi connectivity index (χ3n) is 3.67. The lowest BCUT2D eigenvalue weighted by Gasteiger charge is -2.16. The average Bonchev–Trinajstić information content (AvgIpc) is 2.63. The summed E-state index contributed by atoms with van der Waals surface area (Å²) in [4.78, 5) is 47.2. The van der Waals surface area contributed by atoms with Crippen LogP contribution in [0.4, 0.5) is 0 Å². The molecule has 1 atom stereocenters. The van der Waals surface area contributed by atoms with Gasteiger partial charge in [0.2, 0.25) is 5.91 Å². The summed E-state index contributed by atoms with van der Waals surface area (Å²) in [5, 5.41) is 16.7. The predicted octanol–water partition coefficient (Wildman–Crippen LogP) is 1.17. The molecule has 4 N–H and O–H groups in total. The van der Waals surface area contributed by atoms with Crippen LogP contribution in [0, 0.1) is 5.92 Å². The molecule has 1 rings (SSSR count). The van der Waals surface area contributed by atoms with E-state index in [9.17, 15) is 19.2 Å². The van der Waals surface area contributed by atoms with Crippen LogP contribution in [-0.2, 0) is 9.59 Å². The third kappa shape index (κ3) is 7.89. The van der Waals surface area contributed by atoms with Crippen LogP contribution in [-0.4, -0.2) is 47.9 Å². The van der Waals surface area contributed by atoms with E-state index >= 15 is 0 Å². The van der Waals surface area contributed by atoms with Crippen molar-refractivity contribution < 1.29 is 24.3 Å². The highest BCUT2D eigenvalue weighted by Crippen LogP contribution is 2.06. The highest BCUT2D eigenvalue weighted by atomic mass is 16.4. The van der Waals surface area contributed by atoms with Gasteiger partial charge in [0.15, 0.2) is 0 Å². The summed E-state index contributed by atoms with van der Waals surface area (Å²) >= 11 is 0. The topological polar surface area (TPSA) is 125 Å². The highest BCUT2D eigenvalue weighted by Gasteiger charge is 2.21. The van der Waals surface area contributed by atoms with Crippen molar-refractivity contribution in [2.45, 2.75) is 39.7 Å². The normalized spacial score (nSPS) is 11.6. The van der Waals surface area contributed by atoms with Crippen LogP contribution in [0.5, 0.6) is 0 Å². The van der Waals surface area contributed by atoms with E-state index in [-0.39, 0.29) is 23.9 Å². The van der Waals surface area contributed by atoms with E-state index in [1.807, 2.05) is 20.8 Å². The van der Waals surface area contributed by atoms with Crippen LogP contribution >= 0.6 is 0 Å². The third-order valence-corrected chi connectivity index (χ3v) is 3.67. The Balaban J connectivity index is 2.62. The van der Waals surface area contributed by atoms with Gasteiger partial charge >= 0.3 is 5.97 Å². The second kappa shape index (κ2) is 10.9. The Morgan fingerprint density at radius 1 is 1.04 bits per heavy atom.